The molecule has 0 saturated carbocycles. The topological polar surface area (TPSA) is 63.1 Å². The minimum Gasteiger partial charge on any atom is -0.356 e. The number of anilines is 1. The maximum Gasteiger partial charge on any atom is 0.224 e. The van der Waals surface area contributed by atoms with Crippen molar-refractivity contribution >= 4 is 22.4 Å². The number of aromatic nitrogens is 3. The molecule has 4 rings (SSSR count). The SMILES string of the molecule is O=C(NCCCc1ccccc1)C1CCCN(c2nnc(-n3cccc3)s2)C1. The number of nitrogens with one attached hydrogen (secondary N) is 1. The molecule has 6 nitrogen and oxygen atoms in total. The Morgan fingerprint density at radius 2 is 1.89 bits per heavy atom. The molecule has 1 fully saturated rings. The van der Waals surface area contributed by atoms with Crippen molar-refractivity contribution in [3.05, 3.63) is 60.4 Å². The molecule has 0 radical (unpaired) electrons. The zero-order valence-electron chi connectivity index (χ0n) is 15.8. The molecule has 0 bridgehead atoms. The van der Waals surface area contributed by atoms with Gasteiger partial charge in [0, 0.05) is 32.0 Å². The third kappa shape index (κ3) is 4.59. The molecule has 28 heavy (non-hydrogen) atoms. The summed E-state index contributed by atoms with van der Waals surface area (Å²) in [6.07, 6.45) is 7.82. The molecule has 7 heteroatoms. The number of rotatable bonds is 7. The van der Waals surface area contributed by atoms with Crippen molar-refractivity contribution in [3.63, 3.8) is 0 Å². The predicted octanol–water partition coefficient (Wildman–Crippen LogP) is 3.29. The Hall–Kier alpha value is -2.67. The first-order valence-corrected chi connectivity index (χ1v) is 10.6. The molecule has 1 atom stereocenters. The van der Waals surface area contributed by atoms with Crippen molar-refractivity contribution in [2.24, 2.45) is 5.92 Å². The van der Waals surface area contributed by atoms with Crippen molar-refractivity contribution in [2.75, 3.05) is 24.5 Å². The molecular formula is C21H25N5OS. The Kier molecular flexibility index (Phi) is 6.01. The molecule has 1 aliphatic rings. The average molecular weight is 396 g/mol. The van der Waals surface area contributed by atoms with E-state index in [4.69, 9.17) is 0 Å². The summed E-state index contributed by atoms with van der Waals surface area (Å²) in [6.45, 7) is 2.36. The van der Waals surface area contributed by atoms with E-state index in [0.29, 0.717) is 6.54 Å². The molecule has 2 aromatic heterocycles. The van der Waals surface area contributed by atoms with Gasteiger partial charge in [0.15, 0.2) is 0 Å². The van der Waals surface area contributed by atoms with Crippen LogP contribution in [-0.4, -0.2) is 40.3 Å². The Labute approximate surface area is 169 Å². The van der Waals surface area contributed by atoms with Crippen molar-refractivity contribution < 1.29 is 4.79 Å². The minimum atomic E-state index is 0.0180. The van der Waals surface area contributed by atoms with Crippen molar-refractivity contribution in [1.82, 2.24) is 20.1 Å². The maximum absolute atomic E-state index is 12.6. The number of carbonyl (C=O) groups excluding carboxylic acids is 1. The Morgan fingerprint density at radius 1 is 1.11 bits per heavy atom. The molecule has 1 saturated heterocycles. The van der Waals surface area contributed by atoms with E-state index in [1.54, 1.807) is 11.3 Å². The fourth-order valence-corrected chi connectivity index (χ4v) is 4.41. The number of nitrogens with zero attached hydrogens (tertiary/aromatic N) is 4. The lowest BCUT2D eigenvalue weighted by atomic mass is 9.97. The van der Waals surface area contributed by atoms with Gasteiger partial charge in [-0.1, -0.05) is 41.7 Å². The quantitative estimate of drug-likeness (QED) is 0.624. The lowest BCUT2D eigenvalue weighted by Gasteiger charge is -2.31. The van der Waals surface area contributed by atoms with Gasteiger partial charge in [0.25, 0.3) is 0 Å². The first-order valence-electron chi connectivity index (χ1n) is 9.83. The summed E-state index contributed by atoms with van der Waals surface area (Å²) in [7, 11) is 0. The highest BCUT2D eigenvalue weighted by atomic mass is 32.1. The van der Waals surface area contributed by atoms with E-state index in [2.05, 4.69) is 44.7 Å². The van der Waals surface area contributed by atoms with E-state index in [-0.39, 0.29) is 11.8 Å². The predicted molar refractivity (Wildman–Crippen MR) is 112 cm³/mol. The molecule has 1 N–H and O–H groups in total. The van der Waals surface area contributed by atoms with Crippen molar-refractivity contribution in [3.8, 4) is 5.13 Å². The van der Waals surface area contributed by atoms with Gasteiger partial charge in [-0.3, -0.25) is 9.36 Å². The van der Waals surface area contributed by atoms with Crippen LogP contribution in [-0.2, 0) is 11.2 Å². The van der Waals surface area contributed by atoms with Gasteiger partial charge < -0.3 is 10.2 Å². The van der Waals surface area contributed by atoms with Gasteiger partial charge >= 0.3 is 0 Å². The molecule has 0 aliphatic carbocycles. The van der Waals surface area contributed by atoms with Gasteiger partial charge in [-0.25, -0.2) is 0 Å². The van der Waals surface area contributed by atoms with Gasteiger partial charge in [-0.15, -0.1) is 10.2 Å². The van der Waals surface area contributed by atoms with Crippen LogP contribution in [0.5, 0.6) is 0 Å². The van der Waals surface area contributed by atoms with Crippen LogP contribution in [0.25, 0.3) is 5.13 Å². The monoisotopic (exact) mass is 395 g/mol. The van der Waals surface area contributed by atoms with E-state index >= 15 is 0 Å². The van der Waals surface area contributed by atoms with Gasteiger partial charge in [0.2, 0.25) is 16.2 Å². The summed E-state index contributed by atoms with van der Waals surface area (Å²) in [5.74, 6) is 0.178. The van der Waals surface area contributed by atoms with Crippen LogP contribution < -0.4 is 10.2 Å². The van der Waals surface area contributed by atoms with Crippen LogP contribution in [0, 0.1) is 5.92 Å². The number of amides is 1. The minimum absolute atomic E-state index is 0.0180. The highest BCUT2D eigenvalue weighted by Crippen LogP contribution is 2.27. The number of aryl methyl sites for hydroxylation is 1. The Morgan fingerprint density at radius 3 is 2.71 bits per heavy atom. The second kappa shape index (κ2) is 9.01. The fraction of sp³-hybridized carbons (Fsp3) is 0.381. The molecule has 0 spiro atoms. The van der Waals surface area contributed by atoms with Crippen LogP contribution in [0.1, 0.15) is 24.8 Å². The average Bonchev–Trinajstić information content (AvgIpc) is 3.44. The third-order valence-electron chi connectivity index (χ3n) is 5.08. The Bertz CT molecular complexity index is 877. The maximum atomic E-state index is 12.6. The zero-order valence-corrected chi connectivity index (χ0v) is 16.6. The van der Waals surface area contributed by atoms with Gasteiger partial charge in [0.05, 0.1) is 5.92 Å². The number of hydrogen-bond acceptors (Lipinski definition) is 5. The zero-order chi connectivity index (χ0) is 19.2. The van der Waals surface area contributed by atoms with E-state index in [1.807, 2.05) is 35.2 Å². The largest absolute Gasteiger partial charge is 0.356 e. The molecule has 1 aliphatic heterocycles. The summed E-state index contributed by atoms with van der Waals surface area (Å²) in [5, 5.41) is 13.5. The molecule has 1 amide bonds. The molecule has 1 unspecified atom stereocenters. The number of benzene rings is 1. The second-order valence-corrected chi connectivity index (χ2v) is 8.06. The van der Waals surface area contributed by atoms with E-state index in [0.717, 1.165) is 49.0 Å². The number of piperidine rings is 1. The first-order chi connectivity index (χ1) is 13.8. The molecule has 3 aromatic rings. The summed E-state index contributed by atoms with van der Waals surface area (Å²) < 4.78 is 1.96. The van der Waals surface area contributed by atoms with Crippen LogP contribution in [0.2, 0.25) is 0 Å². The lowest BCUT2D eigenvalue weighted by molar-refractivity contribution is -0.125. The fourth-order valence-electron chi connectivity index (χ4n) is 3.56. The summed E-state index contributed by atoms with van der Waals surface area (Å²) >= 11 is 1.56. The molecule has 3 heterocycles. The number of carbonyl (C=O) groups is 1. The first kappa shape index (κ1) is 18.7. The smallest absolute Gasteiger partial charge is 0.224 e. The normalized spacial score (nSPS) is 16.9. The van der Waals surface area contributed by atoms with Crippen LogP contribution in [0.3, 0.4) is 0 Å². The van der Waals surface area contributed by atoms with Gasteiger partial charge in [0.1, 0.15) is 0 Å². The third-order valence-corrected chi connectivity index (χ3v) is 6.07. The van der Waals surface area contributed by atoms with Gasteiger partial charge in [-0.05, 0) is 43.4 Å². The van der Waals surface area contributed by atoms with Gasteiger partial charge in [-0.2, -0.15) is 0 Å². The number of hydrogen-bond donors (Lipinski definition) is 1. The molecular weight excluding hydrogens is 370 g/mol. The summed E-state index contributed by atoms with van der Waals surface area (Å²) in [6, 6.07) is 14.3. The Balaban J connectivity index is 1.27. The lowest BCUT2D eigenvalue weighted by Crippen LogP contribution is -2.43. The second-order valence-electron chi connectivity index (χ2n) is 7.12. The highest BCUT2D eigenvalue weighted by Gasteiger charge is 2.27. The summed E-state index contributed by atoms with van der Waals surface area (Å²) in [5.41, 5.74) is 1.32. The van der Waals surface area contributed by atoms with E-state index < -0.39 is 0 Å². The highest BCUT2D eigenvalue weighted by molar-refractivity contribution is 7.17. The molecule has 146 valence electrons. The van der Waals surface area contributed by atoms with Crippen molar-refractivity contribution in [1.29, 1.82) is 0 Å². The molecule has 1 aromatic carbocycles. The standard InChI is InChI=1S/C21H25N5OS/c27-19(22-12-6-10-17-8-2-1-3-9-17)18-11-7-15-26(16-18)21-24-23-20(28-21)25-13-4-5-14-25/h1-5,8-9,13-14,18H,6-7,10-12,15-16H2,(H,22,27). The van der Waals surface area contributed by atoms with Crippen molar-refractivity contribution in [2.45, 2.75) is 25.7 Å². The van der Waals surface area contributed by atoms with Crippen LogP contribution >= 0.6 is 11.3 Å². The van der Waals surface area contributed by atoms with E-state index in [9.17, 15) is 4.79 Å². The van der Waals surface area contributed by atoms with Crippen LogP contribution in [0.15, 0.2) is 54.9 Å². The summed E-state index contributed by atoms with van der Waals surface area (Å²) in [4.78, 5) is 14.8. The van der Waals surface area contributed by atoms with Crippen LogP contribution in [0.4, 0.5) is 5.13 Å². The van der Waals surface area contributed by atoms with E-state index in [1.165, 1.54) is 5.56 Å².